The Morgan fingerprint density at radius 2 is 2.12 bits per heavy atom. The van der Waals surface area contributed by atoms with Crippen LogP contribution in [0.5, 0.6) is 0 Å². The van der Waals surface area contributed by atoms with Crippen LogP contribution < -0.4 is 10.6 Å². The number of aromatic nitrogens is 1. The fourth-order valence-electron chi connectivity index (χ4n) is 1.61. The summed E-state index contributed by atoms with van der Waals surface area (Å²) in [7, 11) is 2.09. The molecule has 0 aliphatic carbocycles. The summed E-state index contributed by atoms with van der Waals surface area (Å²) < 4.78 is 0. The highest BCUT2D eigenvalue weighted by Gasteiger charge is 2.03. The number of rotatable bonds is 6. The molecule has 0 aliphatic rings. The van der Waals surface area contributed by atoms with E-state index in [4.69, 9.17) is 5.73 Å². The molecule has 0 aliphatic heterocycles. The molecule has 0 saturated carbocycles. The molecule has 1 aromatic heterocycles. The fourth-order valence-corrected chi connectivity index (χ4v) is 1.61. The highest BCUT2D eigenvalue weighted by atomic mass is 15.2. The van der Waals surface area contributed by atoms with Crippen molar-refractivity contribution in [2.45, 2.75) is 39.2 Å². The summed E-state index contributed by atoms with van der Waals surface area (Å²) in [6, 6.07) is 4.17. The molecule has 2 N–H and O–H groups in total. The van der Waals surface area contributed by atoms with Crippen molar-refractivity contribution in [2.24, 2.45) is 5.73 Å². The molecule has 16 heavy (non-hydrogen) atoms. The molecule has 1 atom stereocenters. The van der Waals surface area contributed by atoms with E-state index >= 15 is 0 Å². The lowest BCUT2D eigenvalue weighted by Gasteiger charge is -2.18. The van der Waals surface area contributed by atoms with E-state index in [2.05, 4.69) is 29.9 Å². The van der Waals surface area contributed by atoms with Crippen molar-refractivity contribution in [3.63, 3.8) is 0 Å². The Morgan fingerprint density at radius 1 is 1.38 bits per heavy atom. The van der Waals surface area contributed by atoms with Gasteiger partial charge in [-0.3, -0.25) is 0 Å². The molecule has 1 heterocycles. The van der Waals surface area contributed by atoms with Gasteiger partial charge < -0.3 is 10.6 Å². The smallest absolute Gasteiger partial charge is 0.128 e. The lowest BCUT2D eigenvalue weighted by Crippen LogP contribution is -2.19. The molecule has 0 bridgehead atoms. The predicted molar refractivity (Wildman–Crippen MR) is 69.6 cm³/mol. The largest absolute Gasteiger partial charge is 0.360 e. The number of nitrogens with zero attached hydrogens (tertiary/aromatic N) is 2. The van der Waals surface area contributed by atoms with Crippen LogP contribution in [0.2, 0.25) is 0 Å². The van der Waals surface area contributed by atoms with Crippen molar-refractivity contribution in [1.29, 1.82) is 0 Å². The van der Waals surface area contributed by atoms with Crippen molar-refractivity contribution in [3.8, 4) is 0 Å². The number of hydrogen-bond acceptors (Lipinski definition) is 3. The topological polar surface area (TPSA) is 42.1 Å². The van der Waals surface area contributed by atoms with E-state index in [0.29, 0.717) is 0 Å². The standard InChI is InChI=1S/C13H23N3/c1-4-5-6-9-16(3)13-8-7-12(10-15-13)11(2)14/h7-8,10-11H,4-6,9,14H2,1-3H3/t11-/m0/s1. The second-order valence-electron chi connectivity index (χ2n) is 4.37. The van der Waals surface area contributed by atoms with E-state index in [1.165, 1.54) is 19.3 Å². The first kappa shape index (κ1) is 13.0. The SMILES string of the molecule is CCCCCN(C)c1ccc([C@H](C)N)cn1. The quantitative estimate of drug-likeness (QED) is 0.751. The molecular weight excluding hydrogens is 198 g/mol. The number of pyridine rings is 1. The summed E-state index contributed by atoms with van der Waals surface area (Å²) in [4.78, 5) is 6.62. The molecule has 0 radical (unpaired) electrons. The molecule has 1 aromatic rings. The molecule has 0 amide bonds. The van der Waals surface area contributed by atoms with Crippen molar-refractivity contribution in [3.05, 3.63) is 23.9 Å². The van der Waals surface area contributed by atoms with Crippen LogP contribution in [0.15, 0.2) is 18.3 Å². The zero-order valence-corrected chi connectivity index (χ0v) is 10.6. The summed E-state index contributed by atoms with van der Waals surface area (Å²) in [5, 5.41) is 0. The Bertz CT molecular complexity index is 293. The van der Waals surface area contributed by atoms with E-state index < -0.39 is 0 Å². The van der Waals surface area contributed by atoms with E-state index in [0.717, 1.165) is 17.9 Å². The van der Waals surface area contributed by atoms with Crippen LogP contribution in [-0.2, 0) is 0 Å². The van der Waals surface area contributed by atoms with Gasteiger partial charge in [0.25, 0.3) is 0 Å². The van der Waals surface area contributed by atoms with E-state index in [-0.39, 0.29) is 6.04 Å². The Labute approximate surface area is 98.7 Å². The van der Waals surface area contributed by atoms with E-state index in [9.17, 15) is 0 Å². The van der Waals surface area contributed by atoms with Gasteiger partial charge in [0.05, 0.1) is 0 Å². The summed E-state index contributed by atoms with van der Waals surface area (Å²) in [5.74, 6) is 1.03. The average molecular weight is 221 g/mol. The molecule has 0 aromatic carbocycles. The molecule has 0 unspecified atom stereocenters. The average Bonchev–Trinajstić information content (AvgIpc) is 2.29. The van der Waals surface area contributed by atoms with Gasteiger partial charge in [0.1, 0.15) is 5.82 Å². The van der Waals surface area contributed by atoms with Gasteiger partial charge in [-0.1, -0.05) is 25.8 Å². The minimum Gasteiger partial charge on any atom is -0.360 e. The summed E-state index contributed by atoms with van der Waals surface area (Å²) in [5.41, 5.74) is 6.87. The van der Waals surface area contributed by atoms with Gasteiger partial charge in [-0.15, -0.1) is 0 Å². The van der Waals surface area contributed by atoms with Crippen molar-refractivity contribution in [2.75, 3.05) is 18.5 Å². The lowest BCUT2D eigenvalue weighted by atomic mass is 10.1. The first-order valence-corrected chi connectivity index (χ1v) is 6.07. The number of unbranched alkanes of at least 4 members (excludes halogenated alkanes) is 2. The van der Waals surface area contributed by atoms with Crippen LogP contribution in [-0.4, -0.2) is 18.6 Å². The van der Waals surface area contributed by atoms with Crippen LogP contribution in [0.1, 0.15) is 44.7 Å². The summed E-state index contributed by atoms with van der Waals surface area (Å²) in [6.07, 6.45) is 5.63. The van der Waals surface area contributed by atoms with Crippen molar-refractivity contribution < 1.29 is 0 Å². The predicted octanol–water partition coefficient (Wildman–Crippen LogP) is 2.73. The molecule has 90 valence electrons. The zero-order chi connectivity index (χ0) is 12.0. The lowest BCUT2D eigenvalue weighted by molar-refractivity contribution is 0.700. The number of nitrogens with two attached hydrogens (primary N) is 1. The summed E-state index contributed by atoms with van der Waals surface area (Å²) >= 11 is 0. The molecule has 1 rings (SSSR count). The minimum absolute atomic E-state index is 0.0620. The van der Waals surface area contributed by atoms with Crippen LogP contribution in [0, 0.1) is 0 Å². The fraction of sp³-hybridized carbons (Fsp3) is 0.615. The maximum Gasteiger partial charge on any atom is 0.128 e. The monoisotopic (exact) mass is 221 g/mol. The third-order valence-electron chi connectivity index (χ3n) is 2.78. The van der Waals surface area contributed by atoms with Crippen LogP contribution in [0.25, 0.3) is 0 Å². The summed E-state index contributed by atoms with van der Waals surface area (Å²) in [6.45, 7) is 5.26. The highest BCUT2D eigenvalue weighted by molar-refractivity contribution is 5.38. The van der Waals surface area contributed by atoms with Gasteiger partial charge in [0, 0.05) is 25.8 Å². The Kier molecular flexibility index (Phi) is 5.26. The van der Waals surface area contributed by atoms with Gasteiger partial charge in [-0.05, 0) is 25.0 Å². The highest BCUT2D eigenvalue weighted by Crippen LogP contribution is 2.14. The second-order valence-corrected chi connectivity index (χ2v) is 4.37. The van der Waals surface area contributed by atoms with Gasteiger partial charge in [0.15, 0.2) is 0 Å². The van der Waals surface area contributed by atoms with Gasteiger partial charge in [-0.2, -0.15) is 0 Å². The molecule has 3 heteroatoms. The first-order valence-electron chi connectivity index (χ1n) is 6.07. The van der Waals surface area contributed by atoms with E-state index in [1.54, 1.807) is 0 Å². The van der Waals surface area contributed by atoms with Crippen LogP contribution in [0.4, 0.5) is 5.82 Å². The van der Waals surface area contributed by atoms with Gasteiger partial charge in [-0.25, -0.2) is 4.98 Å². The third-order valence-corrected chi connectivity index (χ3v) is 2.78. The number of hydrogen-bond donors (Lipinski definition) is 1. The Balaban J connectivity index is 2.52. The van der Waals surface area contributed by atoms with Crippen LogP contribution in [0.3, 0.4) is 0 Å². The van der Waals surface area contributed by atoms with Crippen molar-refractivity contribution in [1.82, 2.24) is 4.98 Å². The minimum atomic E-state index is 0.0620. The zero-order valence-electron chi connectivity index (χ0n) is 10.6. The first-order chi connectivity index (χ1) is 7.65. The molecule has 0 spiro atoms. The normalized spacial score (nSPS) is 12.5. The maximum atomic E-state index is 5.78. The molecule has 0 fully saturated rings. The second kappa shape index (κ2) is 6.48. The van der Waals surface area contributed by atoms with E-state index in [1.807, 2.05) is 19.2 Å². The van der Waals surface area contributed by atoms with Gasteiger partial charge >= 0.3 is 0 Å². The number of anilines is 1. The Morgan fingerprint density at radius 3 is 2.62 bits per heavy atom. The Hall–Kier alpha value is -1.09. The molecular formula is C13H23N3. The van der Waals surface area contributed by atoms with Crippen LogP contribution >= 0.6 is 0 Å². The molecule has 3 nitrogen and oxygen atoms in total. The van der Waals surface area contributed by atoms with Crippen molar-refractivity contribution >= 4 is 5.82 Å². The maximum absolute atomic E-state index is 5.78. The van der Waals surface area contributed by atoms with Gasteiger partial charge in [0.2, 0.25) is 0 Å². The third kappa shape index (κ3) is 3.81. The molecule has 0 saturated heterocycles.